The number of nitrogens with zero attached hydrogens (tertiary/aromatic N) is 2. The van der Waals surface area contributed by atoms with Gasteiger partial charge in [0.1, 0.15) is 0 Å². The average molecular weight is 728 g/mol. The van der Waals surface area contributed by atoms with E-state index in [2.05, 4.69) is 105 Å². The Morgan fingerprint density at radius 1 is 0.738 bits per heavy atom. The van der Waals surface area contributed by atoms with Gasteiger partial charge in [0.05, 0.1) is 11.1 Å². The van der Waals surface area contributed by atoms with E-state index < -0.39 is 5.41 Å². The monoisotopic (exact) mass is 727 g/mol. The van der Waals surface area contributed by atoms with Crippen LogP contribution in [-0.2, 0) is 31.9 Å². The van der Waals surface area contributed by atoms with Gasteiger partial charge in [-0.2, -0.15) is 12.1 Å². The van der Waals surface area contributed by atoms with Crippen molar-refractivity contribution in [2.75, 3.05) is 0 Å². The van der Waals surface area contributed by atoms with Crippen molar-refractivity contribution in [2.45, 2.75) is 31.6 Å². The molecule has 0 aliphatic heterocycles. The molecule has 7 rings (SSSR count). The van der Waals surface area contributed by atoms with Gasteiger partial charge in [0, 0.05) is 18.1 Å². The van der Waals surface area contributed by atoms with Crippen LogP contribution >= 0.6 is 0 Å². The minimum absolute atomic E-state index is 0. The molecule has 3 heterocycles. The molecule has 0 fully saturated rings. The second kappa shape index (κ2) is 10.9. The summed E-state index contributed by atoms with van der Waals surface area (Å²) in [6.45, 7) is 6.55. The molecule has 0 atom stereocenters. The Bertz CT molecular complexity index is 1830. The molecule has 3 aromatic heterocycles. The predicted molar refractivity (Wildman–Crippen MR) is 160 cm³/mol. The Labute approximate surface area is 260 Å². The van der Waals surface area contributed by atoms with Gasteiger partial charge in [0.15, 0.2) is 0 Å². The first kappa shape index (κ1) is 27.9. The number of rotatable bonds is 5. The van der Waals surface area contributed by atoms with Crippen LogP contribution in [0, 0.1) is 12.1 Å². The fourth-order valence-corrected chi connectivity index (χ4v) is 5.85. The summed E-state index contributed by atoms with van der Waals surface area (Å²) in [6, 6.07) is 40.1. The van der Waals surface area contributed by atoms with Gasteiger partial charge < -0.3 is 14.1 Å². The molecule has 0 saturated carbocycles. The molecule has 0 spiro atoms. The molecule has 0 unspecified atom stereocenters. The molecule has 6 aromatic rings. The van der Waals surface area contributed by atoms with E-state index in [-0.39, 0.29) is 32.4 Å². The van der Waals surface area contributed by atoms with Crippen molar-refractivity contribution < 1.29 is 30.2 Å². The molecular weight excluding hydrogens is 699 g/mol. The maximum absolute atomic E-state index is 6.21. The van der Waals surface area contributed by atoms with Gasteiger partial charge in [0.2, 0.25) is 5.95 Å². The molecule has 208 valence electrons. The Balaban J connectivity index is 0.00000316. The molecule has 5 heteroatoms. The van der Waals surface area contributed by atoms with Crippen molar-refractivity contribution in [3.63, 3.8) is 0 Å². The first-order valence-corrected chi connectivity index (χ1v) is 13.7. The molecular formula is C37H28N2O2Pt. The van der Waals surface area contributed by atoms with Crippen LogP contribution in [0.15, 0.2) is 120 Å². The maximum atomic E-state index is 6.21. The first-order chi connectivity index (χ1) is 19.9. The van der Waals surface area contributed by atoms with Crippen LogP contribution in [0.2, 0.25) is 0 Å². The van der Waals surface area contributed by atoms with Crippen LogP contribution in [0.5, 0.6) is 11.7 Å². The summed E-state index contributed by atoms with van der Waals surface area (Å²) < 4.78 is 12.0. The van der Waals surface area contributed by atoms with Gasteiger partial charge in [-0.05, 0) is 57.8 Å². The van der Waals surface area contributed by atoms with Crippen molar-refractivity contribution in [1.29, 1.82) is 0 Å². The first-order valence-electron chi connectivity index (χ1n) is 13.7. The Morgan fingerprint density at radius 2 is 1.45 bits per heavy atom. The van der Waals surface area contributed by atoms with Gasteiger partial charge in [0.25, 0.3) is 0 Å². The summed E-state index contributed by atoms with van der Waals surface area (Å²) in [5, 5.41) is 0. The number of benzene rings is 3. The van der Waals surface area contributed by atoms with Crippen LogP contribution in [-0.4, -0.2) is 9.97 Å². The van der Waals surface area contributed by atoms with Crippen LogP contribution in [0.3, 0.4) is 0 Å². The van der Waals surface area contributed by atoms with Gasteiger partial charge in [-0.25, -0.2) is 0 Å². The molecule has 1 aliphatic carbocycles. The van der Waals surface area contributed by atoms with E-state index in [0.29, 0.717) is 5.75 Å². The number of fused-ring (bicyclic) bond motifs is 3. The zero-order valence-corrected chi connectivity index (χ0v) is 25.8. The topological polar surface area (TPSA) is 48.2 Å². The number of hydrogen-bond donors (Lipinski definition) is 0. The smallest absolute Gasteiger partial charge is 0.507 e. The summed E-state index contributed by atoms with van der Waals surface area (Å²) in [5.41, 5.74) is 8.70. The maximum Gasteiger partial charge on any atom is 2.00 e. The van der Waals surface area contributed by atoms with Crippen molar-refractivity contribution in [3.05, 3.63) is 156 Å². The van der Waals surface area contributed by atoms with E-state index in [1.54, 1.807) is 6.26 Å². The second-order valence-electron chi connectivity index (χ2n) is 11.3. The molecule has 0 bridgehead atoms. The largest absolute Gasteiger partial charge is 2.00 e. The van der Waals surface area contributed by atoms with Crippen LogP contribution < -0.4 is 4.74 Å². The molecule has 0 N–H and O–H groups in total. The van der Waals surface area contributed by atoms with Gasteiger partial charge in [-0.3, -0.25) is 4.98 Å². The van der Waals surface area contributed by atoms with Gasteiger partial charge in [-0.1, -0.05) is 93.1 Å². The van der Waals surface area contributed by atoms with Crippen molar-refractivity contribution in [3.8, 4) is 34.1 Å². The minimum Gasteiger partial charge on any atom is -0.507 e. The Kier molecular flexibility index (Phi) is 7.20. The van der Waals surface area contributed by atoms with Crippen molar-refractivity contribution in [1.82, 2.24) is 9.97 Å². The van der Waals surface area contributed by atoms with E-state index >= 15 is 0 Å². The molecule has 4 nitrogen and oxygen atoms in total. The predicted octanol–water partition coefficient (Wildman–Crippen LogP) is 8.79. The average Bonchev–Trinajstić information content (AvgIpc) is 3.59. The Morgan fingerprint density at radius 3 is 2.14 bits per heavy atom. The molecule has 3 aromatic carbocycles. The molecule has 0 radical (unpaired) electrons. The molecule has 42 heavy (non-hydrogen) atoms. The molecule has 0 saturated heterocycles. The minimum atomic E-state index is -0.650. The van der Waals surface area contributed by atoms with E-state index in [1.165, 1.54) is 27.8 Å². The van der Waals surface area contributed by atoms with Gasteiger partial charge >= 0.3 is 21.1 Å². The normalized spacial score (nSPS) is 13.1. The number of aromatic nitrogens is 2. The quantitative estimate of drug-likeness (QED) is 0.167. The van der Waals surface area contributed by atoms with Crippen LogP contribution in [0.1, 0.15) is 48.7 Å². The summed E-state index contributed by atoms with van der Waals surface area (Å²) >= 11 is 0. The molecule has 1 aliphatic rings. The summed E-state index contributed by atoms with van der Waals surface area (Å²) in [5.74, 6) is 0.795. The third-order valence-electron chi connectivity index (χ3n) is 7.80. The standard InChI is InChI=1S/C37H28N2O2.Pt/c1-36(2,3)26-18-20-38-33(23-26)25-21-35(40-24-25)41-28-12-10-11-27(22-28)37(34-17-8-9-19-39-34)31-15-6-4-13-29(31)30-14-5-7-16-32(30)37;/h4-20,23-24H,1-3H3;/q-2;+2. The number of furan rings is 1. The van der Waals surface area contributed by atoms with E-state index in [0.717, 1.165) is 22.5 Å². The number of hydrogen-bond acceptors (Lipinski definition) is 4. The fourth-order valence-electron chi connectivity index (χ4n) is 5.85. The fraction of sp³-hybridized carbons (Fsp3) is 0.135. The van der Waals surface area contributed by atoms with Crippen molar-refractivity contribution in [2.24, 2.45) is 0 Å². The summed E-state index contributed by atoms with van der Waals surface area (Å²) in [6.07, 6.45) is 5.30. The molecule has 0 amide bonds. The van der Waals surface area contributed by atoms with Crippen LogP contribution in [0.4, 0.5) is 0 Å². The van der Waals surface area contributed by atoms with E-state index in [1.807, 2.05) is 42.7 Å². The third-order valence-corrected chi connectivity index (χ3v) is 7.80. The SMILES string of the molecule is CC(C)(C)c1ccnc(-c2[c-]c(Oc3[c-]c(C4(c5ccccn5)c5ccccc5-c5ccccc54)ccc3)oc2)c1.[Pt+2]. The zero-order valence-electron chi connectivity index (χ0n) is 23.5. The number of pyridine rings is 2. The van der Waals surface area contributed by atoms with E-state index in [4.69, 9.17) is 14.1 Å². The zero-order chi connectivity index (χ0) is 28.0. The summed E-state index contributed by atoms with van der Waals surface area (Å²) in [4.78, 5) is 9.42. The summed E-state index contributed by atoms with van der Waals surface area (Å²) in [7, 11) is 0. The van der Waals surface area contributed by atoms with Crippen molar-refractivity contribution >= 4 is 0 Å². The second-order valence-corrected chi connectivity index (χ2v) is 11.3. The van der Waals surface area contributed by atoms with E-state index in [9.17, 15) is 0 Å². The van der Waals surface area contributed by atoms with Gasteiger partial charge in [-0.15, -0.1) is 23.3 Å². The van der Waals surface area contributed by atoms with Crippen LogP contribution in [0.25, 0.3) is 22.4 Å². The number of ether oxygens (including phenoxy) is 1. The Hall–Kier alpha value is -4.27. The third kappa shape index (κ3) is 4.61.